The number of phenolic OH excluding ortho intramolecular Hbond substituents is 1. The van der Waals surface area contributed by atoms with Gasteiger partial charge in [-0.25, -0.2) is 0 Å². The summed E-state index contributed by atoms with van der Waals surface area (Å²) in [5, 5.41) is 22.7. The molecule has 7 heteroatoms. The van der Waals surface area contributed by atoms with Crippen molar-refractivity contribution in [2.45, 2.75) is 6.54 Å². The Morgan fingerprint density at radius 1 is 1.42 bits per heavy atom. The van der Waals surface area contributed by atoms with Crippen LogP contribution >= 0.6 is 0 Å². The first-order valence-corrected chi connectivity index (χ1v) is 5.45. The highest BCUT2D eigenvalue weighted by atomic mass is 16.6. The lowest BCUT2D eigenvalue weighted by Gasteiger charge is -2.05. The van der Waals surface area contributed by atoms with Crippen LogP contribution in [0.3, 0.4) is 0 Å². The van der Waals surface area contributed by atoms with E-state index in [1.54, 1.807) is 18.5 Å². The molecule has 0 radical (unpaired) electrons. The highest BCUT2D eigenvalue weighted by molar-refractivity contribution is 5.98. The number of phenols is 1. The fourth-order valence-electron chi connectivity index (χ4n) is 1.61. The van der Waals surface area contributed by atoms with E-state index in [-0.39, 0.29) is 23.5 Å². The van der Waals surface area contributed by atoms with Gasteiger partial charge in [-0.3, -0.25) is 14.9 Å². The van der Waals surface area contributed by atoms with Crippen LogP contribution < -0.4 is 5.32 Å². The minimum absolute atomic E-state index is 0.166. The molecule has 1 heterocycles. The average Bonchev–Trinajstić information content (AvgIpc) is 2.88. The zero-order chi connectivity index (χ0) is 13.8. The molecule has 0 aliphatic heterocycles. The van der Waals surface area contributed by atoms with Gasteiger partial charge in [-0.15, -0.1) is 0 Å². The van der Waals surface area contributed by atoms with Crippen LogP contribution in [0, 0.1) is 10.1 Å². The number of amides is 1. The Kier molecular flexibility index (Phi) is 3.46. The van der Waals surface area contributed by atoms with E-state index < -0.39 is 10.8 Å². The van der Waals surface area contributed by atoms with Gasteiger partial charge in [-0.1, -0.05) is 0 Å². The number of carbonyl (C=O) groups is 1. The van der Waals surface area contributed by atoms with Crippen molar-refractivity contribution in [1.29, 1.82) is 0 Å². The summed E-state index contributed by atoms with van der Waals surface area (Å²) < 4.78 is 0. The average molecular weight is 261 g/mol. The van der Waals surface area contributed by atoms with Gasteiger partial charge in [0.05, 0.1) is 4.92 Å². The number of aromatic nitrogens is 1. The monoisotopic (exact) mass is 261 g/mol. The zero-order valence-corrected chi connectivity index (χ0v) is 9.79. The SMILES string of the molecule is O=C(NCc1cc[nH]c1)c1cc(O)ccc1[N+](=O)[O-]. The maximum absolute atomic E-state index is 11.9. The Morgan fingerprint density at radius 3 is 2.84 bits per heavy atom. The first-order chi connectivity index (χ1) is 9.08. The van der Waals surface area contributed by atoms with Crippen LogP contribution in [0.15, 0.2) is 36.7 Å². The number of nitro benzene ring substituents is 1. The van der Waals surface area contributed by atoms with E-state index in [2.05, 4.69) is 10.3 Å². The number of H-pyrrole nitrogens is 1. The molecule has 19 heavy (non-hydrogen) atoms. The van der Waals surface area contributed by atoms with Crippen molar-refractivity contribution >= 4 is 11.6 Å². The van der Waals surface area contributed by atoms with Crippen molar-refractivity contribution in [2.75, 3.05) is 0 Å². The number of hydrogen-bond acceptors (Lipinski definition) is 4. The first kappa shape index (κ1) is 12.6. The van der Waals surface area contributed by atoms with Crippen LogP contribution in [0.4, 0.5) is 5.69 Å². The summed E-state index contributed by atoms with van der Waals surface area (Å²) in [4.78, 5) is 24.9. The third kappa shape index (κ3) is 2.89. The van der Waals surface area contributed by atoms with Crippen LogP contribution in [0.25, 0.3) is 0 Å². The summed E-state index contributed by atoms with van der Waals surface area (Å²) >= 11 is 0. The van der Waals surface area contributed by atoms with Crippen molar-refractivity contribution in [1.82, 2.24) is 10.3 Å². The molecule has 1 aromatic carbocycles. The van der Waals surface area contributed by atoms with Crippen LogP contribution in [0.2, 0.25) is 0 Å². The molecular weight excluding hydrogens is 250 g/mol. The molecule has 3 N–H and O–H groups in total. The number of hydrogen-bond donors (Lipinski definition) is 3. The van der Waals surface area contributed by atoms with Crippen molar-refractivity contribution in [2.24, 2.45) is 0 Å². The molecule has 0 unspecified atom stereocenters. The minimum atomic E-state index is -0.662. The summed E-state index contributed by atoms with van der Waals surface area (Å²) in [6.45, 7) is 0.245. The van der Waals surface area contributed by atoms with Crippen LogP contribution in [-0.2, 0) is 6.54 Å². The van der Waals surface area contributed by atoms with Crippen molar-refractivity contribution in [3.8, 4) is 5.75 Å². The van der Waals surface area contributed by atoms with Gasteiger partial charge in [0.2, 0.25) is 0 Å². The van der Waals surface area contributed by atoms with E-state index in [0.717, 1.165) is 17.7 Å². The Morgan fingerprint density at radius 2 is 2.21 bits per heavy atom. The molecule has 0 saturated carbocycles. The van der Waals surface area contributed by atoms with Gasteiger partial charge < -0.3 is 15.4 Å². The fraction of sp³-hybridized carbons (Fsp3) is 0.0833. The van der Waals surface area contributed by atoms with E-state index in [1.807, 2.05) is 0 Å². The molecule has 1 amide bonds. The zero-order valence-electron chi connectivity index (χ0n) is 9.79. The number of nitrogens with zero attached hydrogens (tertiary/aromatic N) is 1. The van der Waals surface area contributed by atoms with E-state index in [1.165, 1.54) is 6.07 Å². The highest BCUT2D eigenvalue weighted by Crippen LogP contribution is 2.23. The third-order valence-electron chi connectivity index (χ3n) is 2.54. The Bertz CT molecular complexity index is 607. The first-order valence-electron chi connectivity index (χ1n) is 5.45. The van der Waals surface area contributed by atoms with Crippen molar-refractivity contribution in [3.63, 3.8) is 0 Å². The van der Waals surface area contributed by atoms with Crippen molar-refractivity contribution < 1.29 is 14.8 Å². The van der Waals surface area contributed by atoms with Gasteiger partial charge in [-0.05, 0) is 23.8 Å². The quantitative estimate of drug-likeness (QED) is 0.573. The molecule has 0 atom stereocenters. The van der Waals surface area contributed by atoms with Crippen LogP contribution in [-0.4, -0.2) is 20.9 Å². The van der Waals surface area contributed by atoms with E-state index in [4.69, 9.17) is 0 Å². The van der Waals surface area contributed by atoms with Gasteiger partial charge in [-0.2, -0.15) is 0 Å². The summed E-state index contributed by atoms with van der Waals surface area (Å²) in [5.74, 6) is -0.804. The molecular formula is C12H11N3O4. The molecule has 0 aliphatic rings. The number of carbonyl (C=O) groups excluding carboxylic acids is 1. The number of nitrogens with one attached hydrogen (secondary N) is 2. The Labute approximate surface area is 108 Å². The second kappa shape index (κ2) is 5.21. The topological polar surface area (TPSA) is 108 Å². The number of rotatable bonds is 4. The van der Waals surface area contributed by atoms with Gasteiger partial charge in [0.1, 0.15) is 11.3 Å². The summed E-state index contributed by atoms with van der Waals surface area (Å²) in [7, 11) is 0. The normalized spacial score (nSPS) is 10.1. The summed E-state index contributed by atoms with van der Waals surface area (Å²) in [6.07, 6.45) is 3.41. The number of benzene rings is 1. The number of aromatic amines is 1. The van der Waals surface area contributed by atoms with Crippen molar-refractivity contribution in [3.05, 3.63) is 57.9 Å². The lowest BCUT2D eigenvalue weighted by Crippen LogP contribution is -2.23. The number of aromatic hydroxyl groups is 1. The second-order valence-corrected chi connectivity index (χ2v) is 3.86. The largest absolute Gasteiger partial charge is 0.508 e. The molecule has 0 aliphatic carbocycles. The molecule has 1 aromatic heterocycles. The molecule has 0 fully saturated rings. The van der Waals surface area contributed by atoms with Crippen LogP contribution in [0.5, 0.6) is 5.75 Å². The highest BCUT2D eigenvalue weighted by Gasteiger charge is 2.20. The maximum atomic E-state index is 11.9. The maximum Gasteiger partial charge on any atom is 0.282 e. The van der Waals surface area contributed by atoms with E-state index >= 15 is 0 Å². The summed E-state index contributed by atoms with van der Waals surface area (Å²) in [6, 6.07) is 5.11. The summed E-state index contributed by atoms with van der Waals surface area (Å²) in [5.41, 5.74) is 0.334. The molecule has 98 valence electrons. The molecule has 2 aromatic rings. The smallest absolute Gasteiger partial charge is 0.282 e. The Balaban J connectivity index is 2.18. The molecule has 2 rings (SSSR count). The van der Waals surface area contributed by atoms with E-state index in [0.29, 0.717) is 0 Å². The Hall–Kier alpha value is -2.83. The standard InChI is InChI=1S/C12H11N3O4/c16-9-1-2-11(15(18)19)10(5-9)12(17)14-7-8-3-4-13-6-8/h1-6,13,16H,7H2,(H,14,17). The fourth-order valence-corrected chi connectivity index (χ4v) is 1.61. The molecule has 7 nitrogen and oxygen atoms in total. The van der Waals surface area contributed by atoms with Gasteiger partial charge in [0, 0.05) is 25.0 Å². The van der Waals surface area contributed by atoms with Gasteiger partial charge in [0.15, 0.2) is 0 Å². The predicted molar refractivity (Wildman–Crippen MR) is 66.7 cm³/mol. The molecule has 0 spiro atoms. The molecule has 0 bridgehead atoms. The van der Waals surface area contributed by atoms with E-state index in [9.17, 15) is 20.0 Å². The minimum Gasteiger partial charge on any atom is -0.508 e. The second-order valence-electron chi connectivity index (χ2n) is 3.86. The van der Waals surface area contributed by atoms with Gasteiger partial charge in [0.25, 0.3) is 11.6 Å². The number of nitro groups is 1. The molecule has 0 saturated heterocycles. The van der Waals surface area contributed by atoms with Crippen LogP contribution in [0.1, 0.15) is 15.9 Å². The predicted octanol–water partition coefficient (Wildman–Crippen LogP) is 1.56. The lowest BCUT2D eigenvalue weighted by atomic mass is 10.1. The van der Waals surface area contributed by atoms with Gasteiger partial charge >= 0.3 is 0 Å². The third-order valence-corrected chi connectivity index (χ3v) is 2.54. The lowest BCUT2D eigenvalue weighted by molar-refractivity contribution is -0.385.